The van der Waals surface area contributed by atoms with Crippen LogP contribution < -0.4 is 4.90 Å². The van der Waals surface area contributed by atoms with Crippen molar-refractivity contribution in [2.75, 3.05) is 25.2 Å². The van der Waals surface area contributed by atoms with Crippen molar-refractivity contribution in [2.45, 2.75) is 26.3 Å². The van der Waals surface area contributed by atoms with E-state index in [0.717, 1.165) is 12.1 Å². The number of Topliss-reactive ketones (excluding diaryl/α,β-unsaturated/α-hetero) is 1. The predicted octanol–water partition coefficient (Wildman–Crippen LogP) is 2.35. The molecule has 0 spiro atoms. The van der Waals surface area contributed by atoms with E-state index in [4.69, 9.17) is 4.74 Å². The molecule has 0 aliphatic carbocycles. The highest BCUT2D eigenvalue weighted by Crippen LogP contribution is 2.18. The van der Waals surface area contributed by atoms with E-state index in [2.05, 4.69) is 11.9 Å². The zero-order valence-electron chi connectivity index (χ0n) is 12.0. The Labute approximate surface area is 115 Å². The van der Waals surface area contributed by atoms with Gasteiger partial charge in [0, 0.05) is 25.8 Å². The molecule has 0 saturated heterocycles. The second kappa shape index (κ2) is 7.89. The molecule has 1 aromatic rings. The standard InChI is InChI=1S/C15H23N2O2/c1-5-9-17(13-7-6-8-16-10-13)14(11-19-4)15(18)12(2)3/h6-8,10,12,14H,1,5,9,11H2,2-4H3. The summed E-state index contributed by atoms with van der Waals surface area (Å²) in [6, 6.07) is 3.55. The van der Waals surface area contributed by atoms with Crippen LogP contribution in [0.3, 0.4) is 0 Å². The third-order valence-corrected chi connectivity index (χ3v) is 2.97. The first-order valence-corrected chi connectivity index (χ1v) is 6.60. The molecule has 0 aliphatic heterocycles. The van der Waals surface area contributed by atoms with E-state index < -0.39 is 0 Å². The van der Waals surface area contributed by atoms with E-state index in [1.807, 2.05) is 30.9 Å². The molecule has 1 radical (unpaired) electrons. The summed E-state index contributed by atoms with van der Waals surface area (Å²) in [5, 5.41) is 0. The highest BCUT2D eigenvalue weighted by Gasteiger charge is 2.27. The number of hydrogen-bond acceptors (Lipinski definition) is 4. The predicted molar refractivity (Wildman–Crippen MR) is 77.1 cm³/mol. The van der Waals surface area contributed by atoms with Gasteiger partial charge in [0.2, 0.25) is 0 Å². The van der Waals surface area contributed by atoms with Gasteiger partial charge in [-0.15, -0.1) is 0 Å². The lowest BCUT2D eigenvalue weighted by molar-refractivity contribution is -0.124. The van der Waals surface area contributed by atoms with Gasteiger partial charge in [-0.1, -0.05) is 20.8 Å². The Bertz CT molecular complexity index is 379. The van der Waals surface area contributed by atoms with E-state index in [9.17, 15) is 4.79 Å². The number of carbonyl (C=O) groups excluding carboxylic acids is 1. The van der Waals surface area contributed by atoms with E-state index in [1.54, 1.807) is 19.5 Å². The van der Waals surface area contributed by atoms with Crippen LogP contribution in [0.15, 0.2) is 24.5 Å². The minimum absolute atomic E-state index is 0.0239. The van der Waals surface area contributed by atoms with E-state index in [0.29, 0.717) is 13.2 Å². The number of methoxy groups -OCH3 is 1. The average molecular weight is 263 g/mol. The van der Waals surface area contributed by atoms with Gasteiger partial charge in [-0.3, -0.25) is 9.78 Å². The third kappa shape index (κ3) is 4.31. The van der Waals surface area contributed by atoms with Crippen molar-refractivity contribution >= 4 is 11.5 Å². The lowest BCUT2D eigenvalue weighted by Gasteiger charge is -2.32. The van der Waals surface area contributed by atoms with Crippen LogP contribution in [0.5, 0.6) is 0 Å². The largest absolute Gasteiger partial charge is 0.382 e. The molecule has 4 nitrogen and oxygen atoms in total. The lowest BCUT2D eigenvalue weighted by atomic mass is 10.0. The van der Waals surface area contributed by atoms with Crippen molar-refractivity contribution in [2.24, 2.45) is 5.92 Å². The van der Waals surface area contributed by atoms with E-state index in [-0.39, 0.29) is 17.7 Å². The smallest absolute Gasteiger partial charge is 0.160 e. The number of aromatic nitrogens is 1. The third-order valence-electron chi connectivity index (χ3n) is 2.97. The number of carbonyl (C=O) groups is 1. The summed E-state index contributed by atoms with van der Waals surface area (Å²) in [6.07, 6.45) is 4.22. The van der Waals surface area contributed by atoms with Gasteiger partial charge in [-0.05, 0) is 18.6 Å². The van der Waals surface area contributed by atoms with Crippen LogP contribution in [0, 0.1) is 12.8 Å². The minimum atomic E-state index is -0.282. The number of ether oxygens (including phenoxy) is 1. The molecule has 1 heterocycles. The van der Waals surface area contributed by atoms with Crippen LogP contribution in [0.1, 0.15) is 20.3 Å². The topological polar surface area (TPSA) is 42.4 Å². The molecule has 0 fully saturated rings. The van der Waals surface area contributed by atoms with Crippen LogP contribution in [0.4, 0.5) is 5.69 Å². The maximum atomic E-state index is 12.4. The molecule has 1 rings (SSSR count). The highest BCUT2D eigenvalue weighted by molar-refractivity contribution is 5.89. The first-order chi connectivity index (χ1) is 9.11. The summed E-state index contributed by atoms with van der Waals surface area (Å²) in [5.41, 5.74) is 0.933. The van der Waals surface area contributed by atoms with Gasteiger partial charge < -0.3 is 9.64 Å². The van der Waals surface area contributed by atoms with Gasteiger partial charge in [-0.2, -0.15) is 0 Å². The van der Waals surface area contributed by atoms with Gasteiger partial charge in [0.25, 0.3) is 0 Å². The number of pyridine rings is 1. The van der Waals surface area contributed by atoms with Crippen molar-refractivity contribution in [3.8, 4) is 0 Å². The summed E-state index contributed by atoms with van der Waals surface area (Å²) in [5.74, 6) is 0.156. The summed E-state index contributed by atoms with van der Waals surface area (Å²) in [6.45, 7) is 8.80. The maximum absolute atomic E-state index is 12.4. The monoisotopic (exact) mass is 263 g/mol. The Morgan fingerprint density at radius 3 is 2.74 bits per heavy atom. The average Bonchev–Trinajstić information content (AvgIpc) is 2.43. The van der Waals surface area contributed by atoms with Crippen LogP contribution in [0.25, 0.3) is 0 Å². The maximum Gasteiger partial charge on any atom is 0.160 e. The molecule has 4 heteroatoms. The molecule has 0 aliphatic rings. The summed E-state index contributed by atoms with van der Waals surface area (Å²) in [7, 11) is 1.62. The van der Waals surface area contributed by atoms with Crippen LogP contribution in [-0.2, 0) is 9.53 Å². The Kier molecular flexibility index (Phi) is 6.50. The van der Waals surface area contributed by atoms with Crippen molar-refractivity contribution in [1.29, 1.82) is 0 Å². The Morgan fingerprint density at radius 2 is 2.26 bits per heavy atom. The zero-order chi connectivity index (χ0) is 14.3. The van der Waals surface area contributed by atoms with Crippen molar-refractivity contribution in [1.82, 2.24) is 4.98 Å². The molecule has 0 aromatic carbocycles. The number of hydrogen-bond donors (Lipinski definition) is 0. The summed E-state index contributed by atoms with van der Waals surface area (Å²) >= 11 is 0. The molecule has 0 bridgehead atoms. The van der Waals surface area contributed by atoms with Crippen LogP contribution in [-0.4, -0.2) is 37.1 Å². The molecule has 1 aromatic heterocycles. The van der Waals surface area contributed by atoms with Crippen molar-refractivity contribution in [3.63, 3.8) is 0 Å². The molecule has 0 N–H and O–H groups in total. The van der Waals surface area contributed by atoms with Crippen LogP contribution >= 0.6 is 0 Å². The number of nitrogens with zero attached hydrogens (tertiary/aromatic N) is 2. The molecule has 1 atom stereocenters. The molecule has 0 amide bonds. The lowest BCUT2D eigenvalue weighted by Crippen LogP contribution is -2.46. The number of anilines is 1. The molecule has 0 saturated carbocycles. The molecule has 19 heavy (non-hydrogen) atoms. The minimum Gasteiger partial charge on any atom is -0.382 e. The quantitative estimate of drug-likeness (QED) is 0.722. The molecule has 105 valence electrons. The van der Waals surface area contributed by atoms with E-state index >= 15 is 0 Å². The second-order valence-electron chi connectivity index (χ2n) is 4.79. The zero-order valence-corrected chi connectivity index (χ0v) is 12.0. The number of rotatable bonds is 8. The Hall–Kier alpha value is -1.42. The second-order valence-corrected chi connectivity index (χ2v) is 4.79. The van der Waals surface area contributed by atoms with Gasteiger partial charge in [-0.25, -0.2) is 0 Å². The van der Waals surface area contributed by atoms with Crippen LogP contribution in [0.2, 0.25) is 0 Å². The molecule has 1 unspecified atom stereocenters. The fourth-order valence-corrected chi connectivity index (χ4v) is 2.03. The van der Waals surface area contributed by atoms with E-state index in [1.165, 1.54) is 0 Å². The van der Waals surface area contributed by atoms with Gasteiger partial charge in [0.1, 0.15) is 6.04 Å². The summed E-state index contributed by atoms with van der Waals surface area (Å²) < 4.78 is 5.22. The first-order valence-electron chi connectivity index (χ1n) is 6.60. The fourth-order valence-electron chi connectivity index (χ4n) is 2.03. The van der Waals surface area contributed by atoms with Crippen molar-refractivity contribution in [3.05, 3.63) is 31.5 Å². The van der Waals surface area contributed by atoms with Gasteiger partial charge >= 0.3 is 0 Å². The fraction of sp³-hybridized carbons (Fsp3) is 0.533. The highest BCUT2D eigenvalue weighted by atomic mass is 16.5. The SMILES string of the molecule is [CH2]CCN(c1cccnc1)C(COC)C(=O)C(C)C. The van der Waals surface area contributed by atoms with Gasteiger partial charge in [0.15, 0.2) is 5.78 Å². The Morgan fingerprint density at radius 1 is 1.53 bits per heavy atom. The van der Waals surface area contributed by atoms with Gasteiger partial charge in [0.05, 0.1) is 18.5 Å². The first kappa shape index (κ1) is 15.6. The summed E-state index contributed by atoms with van der Waals surface area (Å²) in [4.78, 5) is 18.5. The molecular formula is C15H23N2O2. The number of ketones is 1. The Balaban J connectivity index is 3.02. The van der Waals surface area contributed by atoms with Crippen molar-refractivity contribution < 1.29 is 9.53 Å². The normalized spacial score (nSPS) is 12.5. The molecular weight excluding hydrogens is 240 g/mol.